The van der Waals surface area contributed by atoms with E-state index >= 15 is 0 Å². The first kappa shape index (κ1) is 11.3. The molecule has 0 aromatic carbocycles. The second kappa shape index (κ2) is 5.84. The number of likely N-dealkylation sites (N-methyl/N-ethyl adjacent to an activating group) is 1. The first-order chi connectivity index (χ1) is 6.24. The summed E-state index contributed by atoms with van der Waals surface area (Å²) in [5, 5.41) is 0. The van der Waals surface area contributed by atoms with Crippen LogP contribution < -0.4 is 0 Å². The molecule has 78 valence electrons. The number of alkyl halides is 1. The minimum atomic E-state index is 0.504. The summed E-state index contributed by atoms with van der Waals surface area (Å²) >= 11 is 5.79. The van der Waals surface area contributed by atoms with Crippen molar-refractivity contribution in [3.63, 3.8) is 0 Å². The number of nitrogens with zero attached hydrogens (tertiary/aromatic N) is 2. The molecule has 1 aliphatic heterocycles. The molecule has 13 heavy (non-hydrogen) atoms. The molecule has 1 rings (SSSR count). The number of halogens is 1. The molecule has 0 bridgehead atoms. The normalized spacial score (nSPS) is 21.2. The minimum Gasteiger partial charge on any atom is -0.302 e. The van der Waals surface area contributed by atoms with Crippen molar-refractivity contribution < 1.29 is 0 Å². The fraction of sp³-hybridized carbons (Fsp3) is 1.00. The largest absolute Gasteiger partial charge is 0.302 e. The summed E-state index contributed by atoms with van der Waals surface area (Å²) in [5.41, 5.74) is 0. The van der Waals surface area contributed by atoms with Crippen LogP contribution in [0.3, 0.4) is 0 Å². The lowest BCUT2D eigenvalue weighted by molar-refractivity contribution is 0.226. The van der Waals surface area contributed by atoms with Gasteiger partial charge in [0.15, 0.2) is 0 Å². The molecule has 1 heterocycles. The fourth-order valence-corrected chi connectivity index (χ4v) is 1.88. The molecular formula is C10H21ClN2. The van der Waals surface area contributed by atoms with Crippen molar-refractivity contribution in [2.75, 3.05) is 39.1 Å². The van der Waals surface area contributed by atoms with Crippen LogP contribution in [0.1, 0.15) is 19.8 Å². The lowest BCUT2D eigenvalue weighted by Gasteiger charge is -2.25. The molecule has 0 amide bonds. The Hall–Kier alpha value is 0.210. The Labute approximate surface area is 86.8 Å². The van der Waals surface area contributed by atoms with Gasteiger partial charge in [-0.3, -0.25) is 0 Å². The van der Waals surface area contributed by atoms with Crippen LogP contribution in [0.5, 0.6) is 0 Å². The van der Waals surface area contributed by atoms with Crippen molar-refractivity contribution in [2.24, 2.45) is 0 Å². The minimum absolute atomic E-state index is 0.504. The third-order valence-corrected chi connectivity index (χ3v) is 3.39. The lowest BCUT2D eigenvalue weighted by atomic mass is 10.3. The van der Waals surface area contributed by atoms with Gasteiger partial charge >= 0.3 is 0 Å². The predicted molar refractivity (Wildman–Crippen MR) is 58.5 cm³/mol. The van der Waals surface area contributed by atoms with Crippen LogP contribution in [0.2, 0.25) is 0 Å². The van der Waals surface area contributed by atoms with Gasteiger partial charge < -0.3 is 9.80 Å². The van der Waals surface area contributed by atoms with Crippen molar-refractivity contribution in [1.82, 2.24) is 9.80 Å². The molecule has 0 N–H and O–H groups in total. The molecule has 1 saturated heterocycles. The second-order valence-electron chi connectivity index (χ2n) is 4.03. The summed E-state index contributed by atoms with van der Waals surface area (Å²) in [7, 11) is 2.16. The van der Waals surface area contributed by atoms with E-state index in [4.69, 9.17) is 11.6 Å². The van der Waals surface area contributed by atoms with E-state index in [1.807, 2.05) is 0 Å². The zero-order valence-corrected chi connectivity index (χ0v) is 9.56. The van der Waals surface area contributed by atoms with Gasteiger partial charge in [-0.05, 0) is 39.9 Å². The third kappa shape index (κ3) is 3.84. The number of hydrogen-bond donors (Lipinski definition) is 0. The average molecular weight is 205 g/mol. The van der Waals surface area contributed by atoms with Gasteiger partial charge in [0.1, 0.15) is 0 Å². The van der Waals surface area contributed by atoms with Gasteiger partial charge in [0.05, 0.1) is 0 Å². The topological polar surface area (TPSA) is 6.48 Å². The Kier molecular flexibility index (Phi) is 5.07. The predicted octanol–water partition coefficient (Wildman–Crippen LogP) is 1.64. The van der Waals surface area contributed by atoms with Crippen LogP contribution in [0.4, 0.5) is 0 Å². The molecule has 0 aromatic rings. The van der Waals surface area contributed by atoms with Gasteiger partial charge in [0, 0.05) is 25.0 Å². The van der Waals surface area contributed by atoms with E-state index in [2.05, 4.69) is 23.8 Å². The maximum absolute atomic E-state index is 5.79. The molecular weight excluding hydrogens is 184 g/mol. The Balaban J connectivity index is 2.10. The molecule has 1 atom stereocenters. The molecule has 0 aliphatic carbocycles. The highest BCUT2D eigenvalue weighted by Crippen LogP contribution is 2.07. The van der Waals surface area contributed by atoms with Gasteiger partial charge in [-0.15, -0.1) is 11.6 Å². The smallest absolute Gasteiger partial charge is 0.0376 e. The summed E-state index contributed by atoms with van der Waals surface area (Å²) in [6.45, 7) is 7.12. The Bertz CT molecular complexity index is 135. The van der Waals surface area contributed by atoms with E-state index in [1.165, 1.54) is 32.5 Å². The summed E-state index contributed by atoms with van der Waals surface area (Å²) < 4.78 is 0. The number of rotatable bonds is 5. The van der Waals surface area contributed by atoms with Crippen LogP contribution >= 0.6 is 11.6 Å². The highest BCUT2D eigenvalue weighted by atomic mass is 35.5. The Morgan fingerprint density at radius 2 is 2.00 bits per heavy atom. The van der Waals surface area contributed by atoms with Gasteiger partial charge in [0.25, 0.3) is 0 Å². The van der Waals surface area contributed by atoms with E-state index in [0.717, 1.165) is 12.4 Å². The molecule has 0 saturated carbocycles. The lowest BCUT2D eigenvalue weighted by Crippen LogP contribution is -2.37. The zero-order valence-electron chi connectivity index (χ0n) is 8.80. The van der Waals surface area contributed by atoms with Crippen LogP contribution in [-0.2, 0) is 0 Å². The first-order valence-electron chi connectivity index (χ1n) is 5.22. The van der Waals surface area contributed by atoms with E-state index in [1.54, 1.807) is 0 Å². The van der Waals surface area contributed by atoms with Gasteiger partial charge in [-0.25, -0.2) is 0 Å². The fourth-order valence-electron chi connectivity index (χ4n) is 1.64. The third-order valence-electron chi connectivity index (χ3n) is 2.94. The van der Waals surface area contributed by atoms with Crippen LogP contribution in [0, 0.1) is 0 Å². The van der Waals surface area contributed by atoms with E-state index < -0.39 is 0 Å². The second-order valence-corrected chi connectivity index (χ2v) is 4.34. The Morgan fingerprint density at radius 3 is 2.54 bits per heavy atom. The van der Waals surface area contributed by atoms with Crippen LogP contribution in [-0.4, -0.2) is 54.9 Å². The van der Waals surface area contributed by atoms with E-state index in [9.17, 15) is 0 Å². The molecule has 0 spiro atoms. The molecule has 2 nitrogen and oxygen atoms in total. The molecule has 1 fully saturated rings. The molecule has 0 aromatic heterocycles. The van der Waals surface area contributed by atoms with Crippen molar-refractivity contribution in [1.29, 1.82) is 0 Å². The average Bonchev–Trinajstić information content (AvgIpc) is 2.65. The van der Waals surface area contributed by atoms with Gasteiger partial charge in [-0.2, -0.15) is 0 Å². The zero-order chi connectivity index (χ0) is 9.68. The van der Waals surface area contributed by atoms with Crippen molar-refractivity contribution in [2.45, 2.75) is 25.8 Å². The van der Waals surface area contributed by atoms with E-state index in [0.29, 0.717) is 6.04 Å². The van der Waals surface area contributed by atoms with E-state index in [-0.39, 0.29) is 0 Å². The molecule has 3 heteroatoms. The quantitative estimate of drug-likeness (QED) is 0.629. The molecule has 0 radical (unpaired) electrons. The summed E-state index contributed by atoms with van der Waals surface area (Å²) in [6, 6.07) is 0.504. The highest BCUT2D eigenvalue weighted by Gasteiger charge is 2.13. The summed E-state index contributed by atoms with van der Waals surface area (Å²) in [6.07, 6.45) is 2.77. The van der Waals surface area contributed by atoms with Crippen molar-refractivity contribution in [3.8, 4) is 0 Å². The first-order valence-corrected chi connectivity index (χ1v) is 5.76. The van der Waals surface area contributed by atoms with Gasteiger partial charge in [0.2, 0.25) is 0 Å². The molecule has 1 unspecified atom stereocenters. The maximum atomic E-state index is 5.79. The summed E-state index contributed by atoms with van der Waals surface area (Å²) in [5.74, 6) is 0.733. The summed E-state index contributed by atoms with van der Waals surface area (Å²) in [4.78, 5) is 4.88. The maximum Gasteiger partial charge on any atom is 0.0376 e. The number of likely N-dealkylation sites (tertiary alicyclic amines) is 1. The van der Waals surface area contributed by atoms with Gasteiger partial charge in [-0.1, -0.05) is 0 Å². The Morgan fingerprint density at radius 1 is 1.38 bits per heavy atom. The standard InChI is InChI=1S/C10H21ClN2/c1-10(9-11)12(2)7-8-13-5-3-4-6-13/h10H,3-9H2,1-2H3. The van der Waals surface area contributed by atoms with Crippen molar-refractivity contribution in [3.05, 3.63) is 0 Å². The van der Waals surface area contributed by atoms with Crippen LogP contribution in [0.15, 0.2) is 0 Å². The van der Waals surface area contributed by atoms with Crippen molar-refractivity contribution >= 4 is 11.6 Å². The monoisotopic (exact) mass is 204 g/mol. The SMILES string of the molecule is CC(CCl)N(C)CCN1CCCC1. The van der Waals surface area contributed by atoms with Crippen LogP contribution in [0.25, 0.3) is 0 Å². The highest BCUT2D eigenvalue weighted by molar-refractivity contribution is 6.18. The molecule has 1 aliphatic rings. The number of hydrogen-bond acceptors (Lipinski definition) is 2.